The number of hydrogen-bond acceptors (Lipinski definition) is 1. The number of nitrogens with one attached hydrogen (secondary N) is 1. The van der Waals surface area contributed by atoms with Crippen molar-refractivity contribution in [3.63, 3.8) is 0 Å². The summed E-state index contributed by atoms with van der Waals surface area (Å²) in [5, 5.41) is 3.82. The Hall–Kier alpha value is -0.300. The van der Waals surface area contributed by atoms with E-state index in [4.69, 9.17) is 0 Å². The van der Waals surface area contributed by atoms with E-state index in [-0.39, 0.29) is 0 Å². The molecule has 0 aliphatic heterocycles. The van der Waals surface area contributed by atoms with Crippen LogP contribution in [0.2, 0.25) is 0 Å². The first-order valence-electron chi connectivity index (χ1n) is 5.84. The smallest absolute Gasteiger partial charge is 0.0255 e. The van der Waals surface area contributed by atoms with Crippen LogP contribution >= 0.6 is 0 Å². The second kappa shape index (κ2) is 3.13. The molecule has 4 unspecified atom stereocenters. The summed E-state index contributed by atoms with van der Waals surface area (Å²) in [4.78, 5) is 0. The van der Waals surface area contributed by atoms with E-state index in [1.807, 2.05) is 0 Å². The number of fused-ring (bicyclic) bond motifs is 2. The van der Waals surface area contributed by atoms with Gasteiger partial charge in [-0.3, -0.25) is 0 Å². The van der Waals surface area contributed by atoms with Crippen LogP contribution in [0.5, 0.6) is 0 Å². The Kier molecular flexibility index (Phi) is 1.93. The van der Waals surface area contributed by atoms with Crippen LogP contribution in [-0.2, 0) is 0 Å². The molecule has 0 saturated heterocycles. The fourth-order valence-electron chi connectivity index (χ4n) is 3.50. The topological polar surface area (TPSA) is 12.0 Å². The molecule has 3 aliphatic carbocycles. The van der Waals surface area contributed by atoms with Crippen molar-refractivity contribution in [3.8, 4) is 0 Å². The molecule has 1 nitrogen and oxygen atoms in total. The second-order valence-corrected chi connectivity index (χ2v) is 5.06. The maximum absolute atomic E-state index is 3.82. The predicted octanol–water partition coefficient (Wildman–Crippen LogP) is 2.48. The van der Waals surface area contributed by atoms with Crippen LogP contribution in [0.3, 0.4) is 0 Å². The van der Waals surface area contributed by atoms with Crippen LogP contribution in [0.15, 0.2) is 12.2 Å². The van der Waals surface area contributed by atoms with Gasteiger partial charge in [0.1, 0.15) is 0 Å². The standard InChI is InChI=1S/C12H19N/c1-2-4-11(3-1)13-12-8-9-5-6-10(12)7-9/h1,3,9-13H,2,4-8H2. The number of hydrogen-bond donors (Lipinski definition) is 1. The van der Waals surface area contributed by atoms with Gasteiger partial charge in [0.05, 0.1) is 0 Å². The molecule has 0 heterocycles. The van der Waals surface area contributed by atoms with E-state index in [0.717, 1.165) is 17.9 Å². The van der Waals surface area contributed by atoms with E-state index in [1.54, 1.807) is 0 Å². The molecule has 0 aromatic rings. The Morgan fingerprint density at radius 3 is 2.69 bits per heavy atom. The van der Waals surface area contributed by atoms with Gasteiger partial charge in [-0.15, -0.1) is 0 Å². The first-order chi connectivity index (χ1) is 6.42. The van der Waals surface area contributed by atoms with Crippen LogP contribution in [0.4, 0.5) is 0 Å². The molecule has 0 spiro atoms. The summed E-state index contributed by atoms with van der Waals surface area (Å²) >= 11 is 0. The van der Waals surface area contributed by atoms with Gasteiger partial charge in [-0.25, -0.2) is 0 Å². The molecule has 0 aromatic heterocycles. The number of allylic oxidation sites excluding steroid dienone is 1. The van der Waals surface area contributed by atoms with Gasteiger partial charge in [0, 0.05) is 12.1 Å². The fourth-order valence-corrected chi connectivity index (χ4v) is 3.50. The summed E-state index contributed by atoms with van der Waals surface area (Å²) in [6, 6.07) is 1.58. The van der Waals surface area contributed by atoms with Gasteiger partial charge in [-0.05, 0) is 43.9 Å². The van der Waals surface area contributed by atoms with Crippen molar-refractivity contribution in [1.82, 2.24) is 5.32 Å². The minimum absolute atomic E-state index is 0.712. The van der Waals surface area contributed by atoms with Crippen LogP contribution in [0, 0.1) is 11.8 Å². The lowest BCUT2D eigenvalue weighted by molar-refractivity contribution is 0.333. The third kappa shape index (κ3) is 1.43. The van der Waals surface area contributed by atoms with Gasteiger partial charge in [-0.1, -0.05) is 18.6 Å². The zero-order chi connectivity index (χ0) is 8.67. The fraction of sp³-hybridized carbons (Fsp3) is 0.833. The average molecular weight is 177 g/mol. The molecule has 1 heteroatoms. The Balaban J connectivity index is 1.58. The monoisotopic (exact) mass is 177 g/mol. The van der Waals surface area contributed by atoms with E-state index in [2.05, 4.69) is 17.5 Å². The van der Waals surface area contributed by atoms with Crippen LogP contribution in [0.1, 0.15) is 38.5 Å². The Labute approximate surface area is 80.6 Å². The number of rotatable bonds is 2. The third-order valence-electron chi connectivity index (χ3n) is 4.18. The third-order valence-corrected chi connectivity index (χ3v) is 4.18. The second-order valence-electron chi connectivity index (χ2n) is 5.06. The Morgan fingerprint density at radius 2 is 2.08 bits per heavy atom. The van der Waals surface area contributed by atoms with Gasteiger partial charge in [0.15, 0.2) is 0 Å². The molecule has 13 heavy (non-hydrogen) atoms. The van der Waals surface area contributed by atoms with Crippen molar-refractivity contribution in [3.05, 3.63) is 12.2 Å². The van der Waals surface area contributed by atoms with Crippen molar-refractivity contribution < 1.29 is 0 Å². The minimum Gasteiger partial charge on any atom is -0.307 e. The Morgan fingerprint density at radius 1 is 1.08 bits per heavy atom. The molecule has 0 amide bonds. The predicted molar refractivity (Wildman–Crippen MR) is 54.5 cm³/mol. The normalized spacial score (nSPS) is 47.7. The summed E-state index contributed by atoms with van der Waals surface area (Å²) in [6.45, 7) is 0. The van der Waals surface area contributed by atoms with Crippen LogP contribution < -0.4 is 5.32 Å². The van der Waals surface area contributed by atoms with Gasteiger partial charge in [-0.2, -0.15) is 0 Å². The SMILES string of the molecule is C1=CC(NC2CC3CCC2C3)CC1. The van der Waals surface area contributed by atoms with E-state index in [1.165, 1.54) is 38.5 Å². The molecule has 2 fully saturated rings. The Bertz CT molecular complexity index is 221. The summed E-state index contributed by atoms with van der Waals surface area (Å²) < 4.78 is 0. The molecular weight excluding hydrogens is 158 g/mol. The quantitative estimate of drug-likeness (QED) is 0.639. The maximum Gasteiger partial charge on any atom is 0.0255 e. The summed E-state index contributed by atoms with van der Waals surface area (Å²) in [7, 11) is 0. The van der Waals surface area contributed by atoms with Gasteiger partial charge < -0.3 is 5.32 Å². The molecule has 2 saturated carbocycles. The van der Waals surface area contributed by atoms with Crippen LogP contribution in [-0.4, -0.2) is 12.1 Å². The first kappa shape index (κ1) is 8.05. The van der Waals surface area contributed by atoms with E-state index < -0.39 is 0 Å². The van der Waals surface area contributed by atoms with Crippen LogP contribution in [0.25, 0.3) is 0 Å². The summed E-state index contributed by atoms with van der Waals surface area (Å²) in [6.07, 6.45) is 13.3. The lowest BCUT2D eigenvalue weighted by Crippen LogP contribution is -2.39. The van der Waals surface area contributed by atoms with Crippen molar-refractivity contribution in [2.75, 3.05) is 0 Å². The molecule has 72 valence electrons. The molecule has 4 atom stereocenters. The highest BCUT2D eigenvalue weighted by atomic mass is 15.0. The summed E-state index contributed by atoms with van der Waals surface area (Å²) in [5.74, 6) is 2.10. The molecule has 0 aromatic carbocycles. The average Bonchev–Trinajstić information content (AvgIpc) is 2.77. The maximum atomic E-state index is 3.82. The van der Waals surface area contributed by atoms with Crippen molar-refractivity contribution >= 4 is 0 Å². The lowest BCUT2D eigenvalue weighted by Gasteiger charge is -2.25. The molecular formula is C12H19N. The zero-order valence-electron chi connectivity index (χ0n) is 8.21. The molecule has 3 aliphatic rings. The zero-order valence-corrected chi connectivity index (χ0v) is 8.21. The van der Waals surface area contributed by atoms with E-state index in [9.17, 15) is 0 Å². The lowest BCUT2D eigenvalue weighted by atomic mass is 9.94. The highest BCUT2D eigenvalue weighted by molar-refractivity contribution is 5.04. The largest absolute Gasteiger partial charge is 0.307 e. The highest BCUT2D eigenvalue weighted by Gasteiger charge is 2.39. The van der Waals surface area contributed by atoms with Crippen molar-refractivity contribution in [1.29, 1.82) is 0 Å². The molecule has 3 rings (SSSR count). The van der Waals surface area contributed by atoms with E-state index >= 15 is 0 Å². The molecule has 1 N–H and O–H groups in total. The highest BCUT2D eigenvalue weighted by Crippen LogP contribution is 2.44. The van der Waals surface area contributed by atoms with Gasteiger partial charge in [0.25, 0.3) is 0 Å². The first-order valence-corrected chi connectivity index (χ1v) is 5.84. The van der Waals surface area contributed by atoms with Gasteiger partial charge in [0.2, 0.25) is 0 Å². The van der Waals surface area contributed by atoms with Gasteiger partial charge >= 0.3 is 0 Å². The molecule has 2 bridgehead atoms. The molecule has 0 radical (unpaired) electrons. The van der Waals surface area contributed by atoms with Crippen molar-refractivity contribution in [2.24, 2.45) is 11.8 Å². The minimum atomic E-state index is 0.712. The van der Waals surface area contributed by atoms with E-state index in [0.29, 0.717) is 6.04 Å². The summed E-state index contributed by atoms with van der Waals surface area (Å²) in [5.41, 5.74) is 0. The van der Waals surface area contributed by atoms with Crippen molar-refractivity contribution in [2.45, 2.75) is 50.6 Å².